The molecule has 3 nitrogen and oxygen atoms in total. The van der Waals surface area contributed by atoms with E-state index in [2.05, 4.69) is 4.99 Å². The Morgan fingerprint density at radius 2 is 2.08 bits per heavy atom. The summed E-state index contributed by atoms with van der Waals surface area (Å²) < 4.78 is 4.81. The summed E-state index contributed by atoms with van der Waals surface area (Å²) in [4.78, 5) is 15.4. The zero-order chi connectivity index (χ0) is 8.55. The standard InChI is InChI=1S/C9H7NO2/c1-12-9-8(11)6-4-2-3-5-7(6)10-9/h2-5H,1H3. The van der Waals surface area contributed by atoms with Crippen LogP contribution in [-0.2, 0) is 4.74 Å². The van der Waals surface area contributed by atoms with Crippen LogP contribution in [0.2, 0.25) is 0 Å². The number of nitrogens with zero attached hydrogens (tertiary/aromatic N) is 1. The summed E-state index contributed by atoms with van der Waals surface area (Å²) in [6, 6.07) is 7.19. The monoisotopic (exact) mass is 161 g/mol. The third-order valence-electron chi connectivity index (χ3n) is 1.76. The third kappa shape index (κ3) is 0.830. The molecule has 3 heteroatoms. The Kier molecular flexibility index (Phi) is 1.43. The van der Waals surface area contributed by atoms with Gasteiger partial charge in [0.2, 0.25) is 5.78 Å². The fourth-order valence-corrected chi connectivity index (χ4v) is 1.18. The smallest absolute Gasteiger partial charge is 0.263 e. The van der Waals surface area contributed by atoms with Crippen molar-refractivity contribution in [3.05, 3.63) is 29.8 Å². The van der Waals surface area contributed by atoms with Gasteiger partial charge in [-0.2, -0.15) is 0 Å². The second-order valence-corrected chi connectivity index (χ2v) is 2.47. The molecule has 1 aliphatic heterocycles. The number of ketones is 1. The number of aliphatic imine (C=N–C) groups is 1. The van der Waals surface area contributed by atoms with E-state index in [4.69, 9.17) is 4.74 Å². The van der Waals surface area contributed by atoms with Crippen LogP contribution in [0.1, 0.15) is 10.4 Å². The van der Waals surface area contributed by atoms with Crippen molar-refractivity contribution in [1.82, 2.24) is 0 Å². The first-order chi connectivity index (χ1) is 5.83. The molecule has 1 aliphatic rings. The highest BCUT2D eigenvalue weighted by atomic mass is 16.5. The van der Waals surface area contributed by atoms with E-state index in [-0.39, 0.29) is 11.7 Å². The molecule has 0 bridgehead atoms. The van der Waals surface area contributed by atoms with Crippen molar-refractivity contribution in [2.24, 2.45) is 4.99 Å². The van der Waals surface area contributed by atoms with Crippen molar-refractivity contribution in [2.75, 3.05) is 7.11 Å². The molecule has 0 atom stereocenters. The van der Waals surface area contributed by atoms with Gasteiger partial charge < -0.3 is 4.74 Å². The van der Waals surface area contributed by atoms with Crippen LogP contribution >= 0.6 is 0 Å². The number of methoxy groups -OCH3 is 1. The Hall–Kier alpha value is -1.64. The molecule has 60 valence electrons. The molecule has 1 aromatic rings. The first-order valence-electron chi connectivity index (χ1n) is 3.59. The average molecular weight is 161 g/mol. The Morgan fingerprint density at radius 3 is 2.75 bits per heavy atom. The summed E-state index contributed by atoms with van der Waals surface area (Å²) in [6.07, 6.45) is 0. The van der Waals surface area contributed by atoms with Gasteiger partial charge >= 0.3 is 0 Å². The number of carbonyl (C=O) groups is 1. The van der Waals surface area contributed by atoms with Gasteiger partial charge in [0.1, 0.15) is 0 Å². The highest BCUT2D eigenvalue weighted by Crippen LogP contribution is 2.25. The number of Topliss-reactive ketones (excluding diaryl/α,β-unsaturated/α-hetero) is 1. The molecule has 0 unspecified atom stereocenters. The summed E-state index contributed by atoms with van der Waals surface area (Å²) in [6.45, 7) is 0. The van der Waals surface area contributed by atoms with Gasteiger partial charge in [-0.05, 0) is 12.1 Å². The molecule has 1 aromatic carbocycles. The fourth-order valence-electron chi connectivity index (χ4n) is 1.18. The third-order valence-corrected chi connectivity index (χ3v) is 1.76. The van der Waals surface area contributed by atoms with Gasteiger partial charge in [0.05, 0.1) is 18.4 Å². The van der Waals surface area contributed by atoms with Crippen molar-refractivity contribution >= 4 is 17.4 Å². The van der Waals surface area contributed by atoms with Gasteiger partial charge in [0.25, 0.3) is 5.90 Å². The maximum Gasteiger partial charge on any atom is 0.263 e. The van der Waals surface area contributed by atoms with E-state index in [0.29, 0.717) is 11.3 Å². The van der Waals surface area contributed by atoms with Gasteiger partial charge in [0, 0.05) is 0 Å². The lowest BCUT2D eigenvalue weighted by atomic mass is 10.1. The summed E-state index contributed by atoms with van der Waals surface area (Å²) in [5, 5.41) is 0. The Balaban J connectivity index is 2.54. The molecule has 12 heavy (non-hydrogen) atoms. The van der Waals surface area contributed by atoms with Crippen LogP contribution in [0.5, 0.6) is 0 Å². The second kappa shape index (κ2) is 2.44. The Morgan fingerprint density at radius 1 is 1.33 bits per heavy atom. The molecule has 0 saturated heterocycles. The van der Waals surface area contributed by atoms with Crippen LogP contribution in [0.25, 0.3) is 0 Å². The van der Waals surface area contributed by atoms with Crippen molar-refractivity contribution in [1.29, 1.82) is 0 Å². The molecule has 0 N–H and O–H groups in total. The molecule has 1 heterocycles. The van der Waals surface area contributed by atoms with Gasteiger partial charge in [-0.1, -0.05) is 12.1 Å². The lowest BCUT2D eigenvalue weighted by Gasteiger charge is -1.93. The van der Waals surface area contributed by atoms with Crippen molar-refractivity contribution in [3.63, 3.8) is 0 Å². The molecule has 0 aromatic heterocycles. The van der Waals surface area contributed by atoms with E-state index in [0.717, 1.165) is 0 Å². The number of carbonyl (C=O) groups excluding carboxylic acids is 1. The maximum absolute atomic E-state index is 11.4. The van der Waals surface area contributed by atoms with E-state index in [1.54, 1.807) is 12.1 Å². The number of ether oxygens (including phenoxy) is 1. The van der Waals surface area contributed by atoms with Crippen molar-refractivity contribution in [2.45, 2.75) is 0 Å². The Bertz CT molecular complexity index is 369. The molecule has 0 amide bonds. The van der Waals surface area contributed by atoms with E-state index in [1.807, 2.05) is 12.1 Å². The van der Waals surface area contributed by atoms with E-state index >= 15 is 0 Å². The predicted octanol–water partition coefficient (Wildman–Crippen LogP) is 1.56. The minimum absolute atomic E-state index is 0.131. The molecule has 0 aliphatic carbocycles. The summed E-state index contributed by atoms with van der Waals surface area (Å²) in [5.74, 6) is 0.0456. The maximum atomic E-state index is 11.4. The zero-order valence-corrected chi connectivity index (χ0v) is 6.57. The molecule has 0 spiro atoms. The van der Waals surface area contributed by atoms with Crippen LogP contribution in [0.4, 0.5) is 5.69 Å². The second-order valence-electron chi connectivity index (χ2n) is 2.47. The molecule has 0 radical (unpaired) electrons. The topological polar surface area (TPSA) is 38.7 Å². The highest BCUT2D eigenvalue weighted by molar-refractivity contribution is 6.46. The lowest BCUT2D eigenvalue weighted by molar-refractivity contribution is 0.104. The number of benzene rings is 1. The zero-order valence-electron chi connectivity index (χ0n) is 6.57. The highest BCUT2D eigenvalue weighted by Gasteiger charge is 2.24. The van der Waals surface area contributed by atoms with E-state index in [1.165, 1.54) is 7.11 Å². The number of fused-ring (bicyclic) bond motifs is 1. The summed E-state index contributed by atoms with van der Waals surface area (Å²) in [7, 11) is 1.45. The minimum Gasteiger partial charge on any atom is -0.478 e. The molecular weight excluding hydrogens is 154 g/mol. The van der Waals surface area contributed by atoms with Crippen LogP contribution in [-0.4, -0.2) is 18.8 Å². The minimum atomic E-state index is -0.131. The average Bonchev–Trinajstić information content (AvgIpc) is 2.44. The van der Waals surface area contributed by atoms with Crippen LogP contribution in [0.3, 0.4) is 0 Å². The van der Waals surface area contributed by atoms with Crippen LogP contribution in [0, 0.1) is 0 Å². The lowest BCUT2D eigenvalue weighted by Crippen LogP contribution is -2.10. The predicted molar refractivity (Wildman–Crippen MR) is 44.9 cm³/mol. The van der Waals surface area contributed by atoms with E-state index < -0.39 is 0 Å². The summed E-state index contributed by atoms with van der Waals surface area (Å²) in [5.41, 5.74) is 1.31. The normalized spacial score (nSPS) is 14.1. The largest absolute Gasteiger partial charge is 0.478 e. The molecule has 0 saturated carbocycles. The van der Waals surface area contributed by atoms with Crippen LogP contribution in [0.15, 0.2) is 29.3 Å². The first kappa shape index (κ1) is 7.03. The number of hydrogen-bond acceptors (Lipinski definition) is 3. The van der Waals surface area contributed by atoms with Crippen molar-refractivity contribution < 1.29 is 9.53 Å². The SMILES string of the molecule is COC1=Nc2ccccc2C1=O. The van der Waals surface area contributed by atoms with Gasteiger partial charge in [0.15, 0.2) is 0 Å². The number of hydrogen-bond donors (Lipinski definition) is 0. The summed E-state index contributed by atoms with van der Waals surface area (Å²) >= 11 is 0. The number of rotatable bonds is 0. The van der Waals surface area contributed by atoms with Crippen LogP contribution < -0.4 is 0 Å². The molecule has 2 rings (SSSR count). The Labute approximate surface area is 69.7 Å². The fraction of sp³-hybridized carbons (Fsp3) is 0.111. The first-order valence-corrected chi connectivity index (χ1v) is 3.59. The molecular formula is C9H7NO2. The van der Waals surface area contributed by atoms with Gasteiger partial charge in [-0.25, -0.2) is 4.99 Å². The molecule has 0 fully saturated rings. The number of para-hydroxylation sites is 1. The van der Waals surface area contributed by atoms with Gasteiger partial charge in [-0.15, -0.1) is 0 Å². The van der Waals surface area contributed by atoms with Crippen molar-refractivity contribution in [3.8, 4) is 0 Å². The van der Waals surface area contributed by atoms with E-state index in [9.17, 15) is 4.79 Å². The quantitative estimate of drug-likeness (QED) is 0.579. The van der Waals surface area contributed by atoms with Gasteiger partial charge in [-0.3, -0.25) is 4.79 Å².